The van der Waals surface area contributed by atoms with Crippen molar-refractivity contribution in [3.05, 3.63) is 53.7 Å². The molecule has 0 bridgehead atoms. The van der Waals surface area contributed by atoms with Gasteiger partial charge in [-0.3, -0.25) is 19.5 Å². The molecule has 8 N–H and O–H groups in total. The zero-order valence-corrected chi connectivity index (χ0v) is 27.7. The molecular weight excluding hydrogens is 672 g/mol. The number of hydrogen-bond acceptors (Lipinski definition) is 14. The number of hydrogen-bond donors (Lipinski definition) is 6. The third kappa shape index (κ3) is 8.72. The summed E-state index contributed by atoms with van der Waals surface area (Å²) >= 11 is 0.959. The first-order chi connectivity index (χ1) is 22.6. The van der Waals surface area contributed by atoms with Crippen LogP contribution in [-0.4, -0.2) is 89.0 Å². The van der Waals surface area contributed by atoms with Gasteiger partial charge in [0.15, 0.2) is 10.8 Å². The largest absolute Gasteiger partial charge is 0.489 e. The second-order valence-corrected chi connectivity index (χ2v) is 12.8. The third-order valence-corrected chi connectivity index (χ3v) is 8.08. The van der Waals surface area contributed by atoms with Crippen LogP contribution in [0.25, 0.3) is 11.1 Å². The number of thiazole rings is 1. The molecule has 3 aromatic rings. The number of nitrogens with one attached hydrogen (secondary N) is 2. The first kappa shape index (κ1) is 36.0. The van der Waals surface area contributed by atoms with Gasteiger partial charge >= 0.3 is 16.4 Å². The van der Waals surface area contributed by atoms with Crippen molar-refractivity contribution in [3.63, 3.8) is 0 Å². The molecule has 1 saturated heterocycles. The Labute approximate surface area is 279 Å². The summed E-state index contributed by atoms with van der Waals surface area (Å²) < 4.78 is 43.0. The quantitative estimate of drug-likeness (QED) is 0.0288. The molecule has 0 saturated carbocycles. The number of benzene rings is 1. The van der Waals surface area contributed by atoms with E-state index in [-0.39, 0.29) is 10.8 Å². The molecule has 4 rings (SSSR count). The highest BCUT2D eigenvalue weighted by molar-refractivity contribution is 7.80. The summed E-state index contributed by atoms with van der Waals surface area (Å²) in [5.41, 5.74) is 11.1. The average Bonchev–Trinajstić information content (AvgIpc) is 3.46. The fourth-order valence-corrected chi connectivity index (χ4v) is 5.44. The SMILES string of the molecule is C[n+]1ccc(-c2ccc(OC[C@H](O/N=C(\C(=O)N[C@@H]3C(=O)N(OS(=O)(=O)O)C3(C)C)c3csc(N)n3)C(=O)O)cc2)cc1NCCCN. The third-order valence-electron chi connectivity index (χ3n) is 7.07. The van der Waals surface area contributed by atoms with Gasteiger partial charge in [-0.25, -0.2) is 14.3 Å². The van der Waals surface area contributed by atoms with Crippen LogP contribution in [0.5, 0.6) is 5.75 Å². The van der Waals surface area contributed by atoms with Gasteiger partial charge in [0, 0.05) is 11.4 Å². The number of amides is 2. The number of rotatable bonds is 16. The number of oxime groups is 1. The maximum absolute atomic E-state index is 13.2. The van der Waals surface area contributed by atoms with Crippen LogP contribution in [0.1, 0.15) is 26.0 Å². The molecule has 0 unspecified atom stereocenters. The van der Waals surface area contributed by atoms with E-state index < -0.39 is 58.2 Å². The first-order valence-corrected chi connectivity index (χ1v) is 16.5. The minimum atomic E-state index is -5.02. The molecule has 0 aliphatic carbocycles. The van der Waals surface area contributed by atoms with E-state index in [0.717, 1.165) is 41.2 Å². The van der Waals surface area contributed by atoms with Crippen molar-refractivity contribution in [1.82, 2.24) is 15.4 Å². The number of carbonyl (C=O) groups is 3. The van der Waals surface area contributed by atoms with Crippen molar-refractivity contribution in [2.45, 2.75) is 38.0 Å². The van der Waals surface area contributed by atoms with Gasteiger partial charge in [0.05, 0.1) is 25.3 Å². The van der Waals surface area contributed by atoms with Crippen molar-refractivity contribution < 1.29 is 50.9 Å². The number of ether oxygens (including phenoxy) is 1. The molecule has 2 atom stereocenters. The van der Waals surface area contributed by atoms with Gasteiger partial charge in [-0.2, -0.15) is 13.5 Å². The molecule has 2 aromatic heterocycles. The van der Waals surface area contributed by atoms with Crippen LogP contribution in [0.3, 0.4) is 0 Å². The molecule has 20 heteroatoms. The number of aromatic nitrogens is 2. The Morgan fingerprint density at radius 1 is 1.23 bits per heavy atom. The van der Waals surface area contributed by atoms with E-state index in [1.165, 1.54) is 19.2 Å². The van der Waals surface area contributed by atoms with Crippen molar-refractivity contribution in [1.29, 1.82) is 0 Å². The molecule has 0 radical (unpaired) electrons. The number of β-lactam (4-membered cyclic amide) rings is 1. The Morgan fingerprint density at radius 3 is 2.52 bits per heavy atom. The van der Waals surface area contributed by atoms with Crippen LogP contribution < -0.4 is 31.4 Å². The Bertz CT molecular complexity index is 1800. The fourth-order valence-electron chi connectivity index (χ4n) is 4.44. The second kappa shape index (κ2) is 14.9. The zero-order chi connectivity index (χ0) is 35.2. The lowest BCUT2D eigenvalue weighted by atomic mass is 9.84. The van der Waals surface area contributed by atoms with Crippen molar-refractivity contribution in [3.8, 4) is 16.9 Å². The zero-order valence-electron chi connectivity index (χ0n) is 26.0. The Balaban J connectivity index is 1.44. The number of aliphatic carboxylic acids is 1. The van der Waals surface area contributed by atoms with Gasteiger partial charge in [-0.05, 0) is 56.1 Å². The average molecular weight is 708 g/mol. The number of hydroxylamine groups is 2. The maximum Gasteiger partial charge on any atom is 0.418 e. The molecule has 0 spiro atoms. The number of carboxylic acids is 1. The highest BCUT2D eigenvalue weighted by Crippen LogP contribution is 2.33. The fraction of sp³-hybridized carbons (Fsp3) is 0.357. The summed E-state index contributed by atoms with van der Waals surface area (Å²) in [4.78, 5) is 46.9. The van der Waals surface area contributed by atoms with Gasteiger partial charge in [0.25, 0.3) is 23.7 Å². The predicted molar refractivity (Wildman–Crippen MR) is 172 cm³/mol. The summed E-state index contributed by atoms with van der Waals surface area (Å²) in [5, 5.41) is 21.0. The summed E-state index contributed by atoms with van der Waals surface area (Å²) in [6.45, 7) is 3.53. The molecular formula is C28H35N8O10S2+. The molecule has 2 amide bonds. The molecule has 1 aliphatic heterocycles. The minimum absolute atomic E-state index is 0.0586. The Kier molecular flexibility index (Phi) is 11.2. The van der Waals surface area contributed by atoms with E-state index >= 15 is 0 Å². The number of carbonyl (C=O) groups excluding carboxylic acids is 2. The highest BCUT2D eigenvalue weighted by atomic mass is 32.3. The summed E-state index contributed by atoms with van der Waals surface area (Å²) in [7, 11) is -3.09. The number of aryl methyl sites for hydroxylation is 1. The van der Waals surface area contributed by atoms with Crippen molar-refractivity contribution in [2.24, 2.45) is 17.9 Å². The van der Waals surface area contributed by atoms with Gasteiger partial charge in [0.1, 0.15) is 24.1 Å². The van der Waals surface area contributed by atoms with Crippen LogP contribution in [0.4, 0.5) is 10.9 Å². The van der Waals surface area contributed by atoms with E-state index in [0.29, 0.717) is 17.4 Å². The summed E-state index contributed by atoms with van der Waals surface area (Å²) in [6.07, 6.45) is 1.07. The molecule has 18 nitrogen and oxygen atoms in total. The van der Waals surface area contributed by atoms with Gasteiger partial charge in [-0.15, -0.1) is 15.6 Å². The van der Waals surface area contributed by atoms with Crippen molar-refractivity contribution >= 4 is 56.2 Å². The molecule has 3 heterocycles. The normalized spacial score (nSPS) is 16.5. The minimum Gasteiger partial charge on any atom is -0.489 e. The second-order valence-electron chi connectivity index (χ2n) is 11.0. The summed E-state index contributed by atoms with van der Waals surface area (Å²) in [6, 6.07) is 9.56. The lowest BCUT2D eigenvalue weighted by molar-refractivity contribution is -0.657. The predicted octanol–water partition coefficient (Wildman–Crippen LogP) is 0.0704. The standard InChI is InChI=1S/C28H34N8O10S2/c1-28(2)23(25(38)36(28)46-48(41,42)43)33-24(37)22(19-15-47-27(30)32-19)34-45-20(26(39)40)14-44-18-7-5-16(6-8-18)17-9-12-35(3)21(13-17)31-11-4-10-29/h5-9,12-13,15,20,23H,4,10-11,14,29H2,1-3H3,(H5,30,32,33,37,39,40,41,42,43)/p+1/b34-22-/t20-,23+/m0/s1. The van der Waals surface area contributed by atoms with E-state index in [4.69, 9.17) is 25.6 Å². The van der Waals surface area contributed by atoms with E-state index in [1.54, 1.807) is 12.1 Å². The topological polar surface area (TPSA) is 262 Å². The van der Waals surface area contributed by atoms with Crippen LogP contribution >= 0.6 is 11.3 Å². The number of nitrogens with zero attached hydrogens (tertiary/aromatic N) is 4. The van der Waals surface area contributed by atoms with Crippen LogP contribution in [0.2, 0.25) is 0 Å². The number of pyridine rings is 1. The van der Waals surface area contributed by atoms with Gasteiger partial charge < -0.3 is 31.5 Å². The molecule has 1 aromatic carbocycles. The van der Waals surface area contributed by atoms with Crippen LogP contribution in [-0.2, 0) is 41.0 Å². The Morgan fingerprint density at radius 2 is 1.94 bits per heavy atom. The van der Waals surface area contributed by atoms with Crippen molar-refractivity contribution in [2.75, 3.05) is 30.7 Å². The van der Waals surface area contributed by atoms with Gasteiger partial charge in [-0.1, -0.05) is 17.3 Å². The van der Waals surface area contributed by atoms with E-state index in [2.05, 4.69) is 25.1 Å². The molecule has 1 aliphatic rings. The molecule has 258 valence electrons. The highest BCUT2D eigenvalue weighted by Gasteiger charge is 2.58. The smallest absolute Gasteiger partial charge is 0.418 e. The number of carboxylic acid groups (broad SMARTS) is 1. The van der Waals surface area contributed by atoms with Gasteiger partial charge in [0.2, 0.25) is 0 Å². The Hall–Kier alpha value is -4.89. The van der Waals surface area contributed by atoms with E-state index in [9.17, 15) is 27.9 Å². The number of anilines is 2. The number of nitrogens with two attached hydrogens (primary N) is 2. The summed E-state index contributed by atoms with van der Waals surface area (Å²) in [5.74, 6) is -2.22. The monoisotopic (exact) mass is 707 g/mol. The first-order valence-electron chi connectivity index (χ1n) is 14.3. The van der Waals surface area contributed by atoms with E-state index in [1.807, 2.05) is 42.1 Å². The van der Waals surface area contributed by atoms with Crippen LogP contribution in [0, 0.1) is 0 Å². The van der Waals surface area contributed by atoms with Crippen LogP contribution in [0.15, 0.2) is 53.1 Å². The molecule has 1 fully saturated rings. The maximum atomic E-state index is 13.2. The number of nitrogen functional groups attached to an aromatic ring is 1. The lowest BCUT2D eigenvalue weighted by Crippen LogP contribution is -2.76. The molecule has 48 heavy (non-hydrogen) atoms. The lowest BCUT2D eigenvalue weighted by Gasteiger charge is -2.50.